The highest BCUT2D eigenvalue weighted by molar-refractivity contribution is 7.18. The highest BCUT2D eigenvalue weighted by atomic mass is 32.1. The summed E-state index contributed by atoms with van der Waals surface area (Å²) in [4.78, 5) is 9.47. The quantitative estimate of drug-likeness (QED) is 0.552. The standard InChI is InChI=1S/C20H24N2S/c1-19(2,3)14-8-9-15(21-12-14)13-7-10-17-16(11-13)22-18(23-17)20(4,5)6/h7-12H,1-6H3. The molecule has 0 radical (unpaired) electrons. The molecule has 0 saturated heterocycles. The van der Waals surface area contributed by atoms with E-state index in [9.17, 15) is 0 Å². The molecule has 0 fully saturated rings. The molecular weight excluding hydrogens is 300 g/mol. The van der Waals surface area contributed by atoms with Gasteiger partial charge in [0.05, 0.1) is 20.9 Å². The van der Waals surface area contributed by atoms with Crippen molar-refractivity contribution in [3.63, 3.8) is 0 Å². The van der Waals surface area contributed by atoms with Crippen LogP contribution in [0.1, 0.15) is 52.1 Å². The second-order valence-electron chi connectivity index (χ2n) is 8.13. The first-order chi connectivity index (χ1) is 10.6. The van der Waals surface area contributed by atoms with Crippen LogP contribution in [-0.4, -0.2) is 9.97 Å². The fourth-order valence-electron chi connectivity index (χ4n) is 2.42. The summed E-state index contributed by atoms with van der Waals surface area (Å²) in [6, 6.07) is 10.7. The first kappa shape index (κ1) is 16.1. The van der Waals surface area contributed by atoms with Crippen LogP contribution in [0, 0.1) is 0 Å². The smallest absolute Gasteiger partial charge is 0.0992 e. The first-order valence-electron chi connectivity index (χ1n) is 8.02. The van der Waals surface area contributed by atoms with Gasteiger partial charge in [-0.2, -0.15) is 0 Å². The Morgan fingerprint density at radius 3 is 2.17 bits per heavy atom. The summed E-state index contributed by atoms with van der Waals surface area (Å²) < 4.78 is 1.24. The molecule has 23 heavy (non-hydrogen) atoms. The highest BCUT2D eigenvalue weighted by Crippen LogP contribution is 2.33. The van der Waals surface area contributed by atoms with Crippen molar-refractivity contribution in [3.8, 4) is 11.3 Å². The van der Waals surface area contributed by atoms with Crippen molar-refractivity contribution in [2.45, 2.75) is 52.4 Å². The summed E-state index contributed by atoms with van der Waals surface area (Å²) in [7, 11) is 0. The highest BCUT2D eigenvalue weighted by Gasteiger charge is 2.19. The van der Waals surface area contributed by atoms with Gasteiger partial charge in [-0.25, -0.2) is 4.98 Å². The van der Waals surface area contributed by atoms with Gasteiger partial charge in [-0.15, -0.1) is 11.3 Å². The summed E-state index contributed by atoms with van der Waals surface area (Å²) >= 11 is 1.78. The largest absolute Gasteiger partial charge is 0.256 e. The summed E-state index contributed by atoms with van der Waals surface area (Å²) in [5.41, 5.74) is 4.68. The molecule has 0 N–H and O–H groups in total. The zero-order valence-electron chi connectivity index (χ0n) is 14.8. The molecule has 1 aromatic carbocycles. The maximum Gasteiger partial charge on any atom is 0.0992 e. The molecule has 0 saturated carbocycles. The summed E-state index contributed by atoms with van der Waals surface area (Å²) in [6.07, 6.45) is 1.99. The second kappa shape index (κ2) is 5.41. The predicted octanol–water partition coefficient (Wildman–Crippen LogP) is 5.95. The lowest BCUT2D eigenvalue weighted by atomic mass is 9.88. The number of nitrogens with zero attached hydrogens (tertiary/aromatic N) is 2. The Bertz CT molecular complexity index is 831. The van der Waals surface area contributed by atoms with Crippen LogP contribution in [0.5, 0.6) is 0 Å². The number of hydrogen-bond acceptors (Lipinski definition) is 3. The van der Waals surface area contributed by atoms with Gasteiger partial charge in [0.2, 0.25) is 0 Å². The number of aromatic nitrogens is 2. The number of thiazole rings is 1. The summed E-state index contributed by atoms with van der Waals surface area (Å²) in [5.74, 6) is 0. The SMILES string of the molecule is CC(C)(C)c1ccc(-c2ccc3sc(C(C)(C)C)nc3c2)nc1. The van der Waals surface area contributed by atoms with Crippen LogP contribution in [0.4, 0.5) is 0 Å². The molecule has 0 atom stereocenters. The number of benzene rings is 1. The number of rotatable bonds is 1. The van der Waals surface area contributed by atoms with E-state index in [1.165, 1.54) is 15.3 Å². The molecule has 2 heterocycles. The van der Waals surface area contributed by atoms with E-state index >= 15 is 0 Å². The van der Waals surface area contributed by atoms with E-state index in [-0.39, 0.29) is 10.8 Å². The molecule has 3 aromatic rings. The molecule has 0 bridgehead atoms. The van der Waals surface area contributed by atoms with Crippen LogP contribution < -0.4 is 0 Å². The van der Waals surface area contributed by atoms with E-state index < -0.39 is 0 Å². The molecule has 0 aliphatic heterocycles. The average Bonchev–Trinajstić information content (AvgIpc) is 2.89. The Morgan fingerprint density at radius 2 is 1.61 bits per heavy atom. The molecule has 3 heteroatoms. The molecule has 0 aliphatic carbocycles. The normalized spacial score (nSPS) is 12.8. The minimum Gasteiger partial charge on any atom is -0.256 e. The minimum atomic E-state index is 0.0937. The fourth-order valence-corrected chi connectivity index (χ4v) is 3.42. The Labute approximate surface area is 142 Å². The van der Waals surface area contributed by atoms with Crippen LogP contribution >= 0.6 is 11.3 Å². The molecule has 2 aromatic heterocycles. The van der Waals surface area contributed by atoms with E-state index in [0.29, 0.717) is 0 Å². The number of pyridine rings is 1. The van der Waals surface area contributed by atoms with Crippen molar-refractivity contribution in [3.05, 3.63) is 47.1 Å². The van der Waals surface area contributed by atoms with Gasteiger partial charge in [0.15, 0.2) is 0 Å². The molecule has 0 unspecified atom stereocenters. The van der Waals surface area contributed by atoms with Crippen LogP contribution in [0.2, 0.25) is 0 Å². The van der Waals surface area contributed by atoms with Gasteiger partial charge in [-0.3, -0.25) is 4.98 Å². The van der Waals surface area contributed by atoms with Crippen LogP contribution in [0.15, 0.2) is 36.5 Å². The van der Waals surface area contributed by atoms with Gasteiger partial charge in [0, 0.05) is 17.2 Å². The number of fused-ring (bicyclic) bond motifs is 1. The maximum atomic E-state index is 4.82. The Kier molecular flexibility index (Phi) is 3.80. The third kappa shape index (κ3) is 3.30. The first-order valence-corrected chi connectivity index (χ1v) is 8.84. The topological polar surface area (TPSA) is 25.8 Å². The summed E-state index contributed by atoms with van der Waals surface area (Å²) in [5, 5.41) is 1.18. The van der Waals surface area contributed by atoms with Crippen molar-refractivity contribution < 1.29 is 0 Å². The van der Waals surface area contributed by atoms with Crippen molar-refractivity contribution in [2.24, 2.45) is 0 Å². The third-order valence-electron chi connectivity index (χ3n) is 3.95. The lowest BCUT2D eigenvalue weighted by Gasteiger charge is -2.18. The maximum absolute atomic E-state index is 4.82. The van der Waals surface area contributed by atoms with Gasteiger partial charge in [0.25, 0.3) is 0 Å². The van der Waals surface area contributed by atoms with E-state index in [4.69, 9.17) is 4.98 Å². The molecule has 3 rings (SSSR count). The molecule has 0 aliphatic rings. The Morgan fingerprint density at radius 1 is 0.870 bits per heavy atom. The fraction of sp³-hybridized carbons (Fsp3) is 0.400. The molecular formula is C20H24N2S. The third-order valence-corrected chi connectivity index (χ3v) is 5.42. The molecule has 0 spiro atoms. The molecule has 120 valence electrons. The molecule has 2 nitrogen and oxygen atoms in total. The van der Waals surface area contributed by atoms with Gasteiger partial charge >= 0.3 is 0 Å². The van der Waals surface area contributed by atoms with Crippen LogP contribution in [0.25, 0.3) is 21.5 Å². The van der Waals surface area contributed by atoms with E-state index in [0.717, 1.165) is 16.8 Å². The predicted molar refractivity (Wildman–Crippen MR) is 100 cm³/mol. The van der Waals surface area contributed by atoms with Crippen molar-refractivity contribution in [2.75, 3.05) is 0 Å². The minimum absolute atomic E-state index is 0.0937. The van der Waals surface area contributed by atoms with Gasteiger partial charge in [0.1, 0.15) is 0 Å². The van der Waals surface area contributed by atoms with Crippen molar-refractivity contribution >= 4 is 21.6 Å². The molecule has 0 amide bonds. The second-order valence-corrected chi connectivity index (χ2v) is 9.16. The van der Waals surface area contributed by atoms with Gasteiger partial charge in [-0.05, 0) is 29.2 Å². The van der Waals surface area contributed by atoms with E-state index in [2.05, 4.69) is 76.9 Å². The zero-order valence-corrected chi connectivity index (χ0v) is 15.6. The summed E-state index contributed by atoms with van der Waals surface area (Å²) in [6.45, 7) is 13.2. The lowest BCUT2D eigenvalue weighted by molar-refractivity contribution is 0.587. The Balaban J connectivity index is 2.00. The van der Waals surface area contributed by atoms with Crippen molar-refractivity contribution in [1.82, 2.24) is 9.97 Å². The van der Waals surface area contributed by atoms with Crippen LogP contribution in [0.3, 0.4) is 0 Å². The zero-order chi connectivity index (χ0) is 16.8. The monoisotopic (exact) mass is 324 g/mol. The van der Waals surface area contributed by atoms with E-state index in [1.54, 1.807) is 11.3 Å². The number of hydrogen-bond donors (Lipinski definition) is 0. The van der Waals surface area contributed by atoms with E-state index in [1.807, 2.05) is 6.20 Å². The van der Waals surface area contributed by atoms with Crippen LogP contribution in [-0.2, 0) is 10.8 Å². The lowest BCUT2D eigenvalue weighted by Crippen LogP contribution is -2.11. The van der Waals surface area contributed by atoms with Gasteiger partial charge in [-0.1, -0.05) is 53.7 Å². The Hall–Kier alpha value is -1.74. The van der Waals surface area contributed by atoms with Gasteiger partial charge < -0.3 is 0 Å². The van der Waals surface area contributed by atoms with Crippen molar-refractivity contribution in [1.29, 1.82) is 0 Å². The average molecular weight is 324 g/mol.